The number of hydrogen-bond donors (Lipinski definition) is 1. The highest BCUT2D eigenvalue weighted by molar-refractivity contribution is 5.93. The van der Waals surface area contributed by atoms with Crippen molar-refractivity contribution in [3.05, 3.63) is 76.1 Å². The third-order valence-electron chi connectivity index (χ3n) is 4.21. The molecule has 0 fully saturated rings. The van der Waals surface area contributed by atoms with Crippen LogP contribution in [0.2, 0.25) is 0 Å². The molecule has 2 aromatic carbocycles. The SMILES string of the molecule is CCOC(=O)c1ccc(NC(=O)Cn2c(=O)cc(C)c3ccccc32)cc1. The largest absolute Gasteiger partial charge is 0.462 e. The number of para-hydroxylation sites is 1. The van der Waals surface area contributed by atoms with Crippen LogP contribution in [-0.2, 0) is 16.1 Å². The van der Waals surface area contributed by atoms with Crippen molar-refractivity contribution < 1.29 is 14.3 Å². The second-order valence-electron chi connectivity index (χ2n) is 6.11. The summed E-state index contributed by atoms with van der Waals surface area (Å²) in [6.45, 7) is 3.82. The topological polar surface area (TPSA) is 77.4 Å². The second kappa shape index (κ2) is 7.86. The number of fused-ring (bicyclic) bond motifs is 1. The van der Waals surface area contributed by atoms with Gasteiger partial charge in [0.15, 0.2) is 0 Å². The van der Waals surface area contributed by atoms with E-state index >= 15 is 0 Å². The fraction of sp³-hybridized carbons (Fsp3) is 0.190. The highest BCUT2D eigenvalue weighted by Crippen LogP contribution is 2.16. The van der Waals surface area contributed by atoms with Crippen LogP contribution in [0.25, 0.3) is 10.9 Å². The number of pyridine rings is 1. The zero-order chi connectivity index (χ0) is 19.4. The fourth-order valence-corrected chi connectivity index (χ4v) is 2.91. The van der Waals surface area contributed by atoms with E-state index in [4.69, 9.17) is 4.74 Å². The van der Waals surface area contributed by atoms with Gasteiger partial charge in [-0.3, -0.25) is 14.2 Å². The summed E-state index contributed by atoms with van der Waals surface area (Å²) in [5.74, 6) is -0.733. The molecule has 0 bridgehead atoms. The number of anilines is 1. The summed E-state index contributed by atoms with van der Waals surface area (Å²) in [5, 5.41) is 3.68. The zero-order valence-electron chi connectivity index (χ0n) is 15.2. The molecule has 27 heavy (non-hydrogen) atoms. The van der Waals surface area contributed by atoms with Gasteiger partial charge in [0, 0.05) is 17.1 Å². The van der Waals surface area contributed by atoms with Crippen LogP contribution in [0, 0.1) is 6.92 Å². The van der Waals surface area contributed by atoms with Crippen LogP contribution in [0.3, 0.4) is 0 Å². The smallest absolute Gasteiger partial charge is 0.338 e. The van der Waals surface area contributed by atoms with Gasteiger partial charge < -0.3 is 10.1 Å². The number of carbonyl (C=O) groups is 2. The number of aryl methyl sites for hydroxylation is 1. The van der Waals surface area contributed by atoms with Crippen molar-refractivity contribution in [3.63, 3.8) is 0 Å². The number of rotatable bonds is 5. The number of benzene rings is 2. The standard InChI is InChI=1S/C21H20N2O4/c1-3-27-21(26)15-8-10-16(11-9-15)22-19(24)13-23-18-7-5-4-6-17(18)14(2)12-20(23)25/h4-12H,3,13H2,1-2H3,(H,22,24). The number of amides is 1. The Morgan fingerprint density at radius 1 is 1.07 bits per heavy atom. The van der Waals surface area contributed by atoms with Gasteiger partial charge in [-0.2, -0.15) is 0 Å². The molecule has 0 saturated carbocycles. The summed E-state index contributed by atoms with van der Waals surface area (Å²) in [6, 6.07) is 15.4. The summed E-state index contributed by atoms with van der Waals surface area (Å²) in [5.41, 5.74) is 2.32. The Kier molecular flexibility index (Phi) is 5.35. The van der Waals surface area contributed by atoms with Crippen molar-refractivity contribution in [3.8, 4) is 0 Å². The lowest BCUT2D eigenvalue weighted by Gasteiger charge is -2.12. The van der Waals surface area contributed by atoms with E-state index in [1.54, 1.807) is 31.2 Å². The molecule has 3 aromatic rings. The van der Waals surface area contributed by atoms with Gasteiger partial charge in [0.05, 0.1) is 17.7 Å². The number of aromatic nitrogens is 1. The van der Waals surface area contributed by atoms with E-state index in [1.165, 1.54) is 10.6 Å². The Morgan fingerprint density at radius 2 is 1.78 bits per heavy atom. The minimum absolute atomic E-state index is 0.0980. The lowest BCUT2D eigenvalue weighted by molar-refractivity contribution is -0.116. The molecule has 0 spiro atoms. The highest BCUT2D eigenvalue weighted by atomic mass is 16.5. The van der Waals surface area contributed by atoms with Crippen molar-refractivity contribution in [2.45, 2.75) is 20.4 Å². The molecule has 0 radical (unpaired) electrons. The number of nitrogens with zero attached hydrogens (tertiary/aromatic N) is 1. The van der Waals surface area contributed by atoms with Crippen LogP contribution in [0.15, 0.2) is 59.4 Å². The van der Waals surface area contributed by atoms with Gasteiger partial charge in [-0.25, -0.2) is 4.79 Å². The van der Waals surface area contributed by atoms with Crippen LogP contribution in [0.4, 0.5) is 5.69 Å². The summed E-state index contributed by atoms with van der Waals surface area (Å²) < 4.78 is 6.38. The predicted octanol–water partition coefficient (Wildman–Crippen LogP) is 3.13. The van der Waals surface area contributed by atoms with Crippen molar-refractivity contribution in [1.29, 1.82) is 0 Å². The zero-order valence-corrected chi connectivity index (χ0v) is 15.2. The maximum absolute atomic E-state index is 12.4. The van der Waals surface area contributed by atoms with Crippen LogP contribution in [-0.4, -0.2) is 23.1 Å². The van der Waals surface area contributed by atoms with Gasteiger partial charge in [-0.05, 0) is 49.7 Å². The van der Waals surface area contributed by atoms with Gasteiger partial charge >= 0.3 is 5.97 Å². The second-order valence-corrected chi connectivity index (χ2v) is 6.11. The Bertz CT molecular complexity index is 1050. The van der Waals surface area contributed by atoms with E-state index in [0.717, 1.165) is 16.5 Å². The van der Waals surface area contributed by atoms with E-state index in [1.807, 2.05) is 31.2 Å². The van der Waals surface area contributed by atoms with Gasteiger partial charge in [-0.15, -0.1) is 0 Å². The molecule has 6 heteroatoms. The Hall–Kier alpha value is -3.41. The lowest BCUT2D eigenvalue weighted by Crippen LogP contribution is -2.27. The molecule has 1 aromatic heterocycles. The van der Waals surface area contributed by atoms with Crippen molar-refractivity contribution in [2.75, 3.05) is 11.9 Å². The average Bonchev–Trinajstić information content (AvgIpc) is 2.66. The molecule has 1 N–H and O–H groups in total. The molecular formula is C21H20N2O4. The first-order chi connectivity index (χ1) is 13.0. The molecule has 0 aliphatic carbocycles. The normalized spacial score (nSPS) is 10.6. The molecule has 0 saturated heterocycles. The predicted molar refractivity (Wildman–Crippen MR) is 104 cm³/mol. The first-order valence-corrected chi connectivity index (χ1v) is 8.66. The molecule has 138 valence electrons. The van der Waals surface area contributed by atoms with E-state index in [9.17, 15) is 14.4 Å². The first-order valence-electron chi connectivity index (χ1n) is 8.66. The van der Waals surface area contributed by atoms with Crippen LogP contribution >= 0.6 is 0 Å². The van der Waals surface area contributed by atoms with Gasteiger partial charge in [0.25, 0.3) is 5.56 Å². The summed E-state index contributed by atoms with van der Waals surface area (Å²) in [6.07, 6.45) is 0. The van der Waals surface area contributed by atoms with Crippen molar-refractivity contribution >= 4 is 28.5 Å². The number of carbonyl (C=O) groups excluding carboxylic acids is 2. The summed E-state index contributed by atoms with van der Waals surface area (Å²) in [4.78, 5) is 36.4. The quantitative estimate of drug-likeness (QED) is 0.706. The first kappa shape index (κ1) is 18.4. The average molecular weight is 364 g/mol. The molecule has 3 rings (SSSR count). The van der Waals surface area contributed by atoms with Gasteiger partial charge in [-0.1, -0.05) is 18.2 Å². The molecular weight excluding hydrogens is 344 g/mol. The molecule has 0 unspecified atom stereocenters. The van der Waals surface area contributed by atoms with Crippen LogP contribution in [0.1, 0.15) is 22.8 Å². The van der Waals surface area contributed by atoms with E-state index in [2.05, 4.69) is 5.32 Å². The van der Waals surface area contributed by atoms with Crippen molar-refractivity contribution in [1.82, 2.24) is 4.57 Å². The molecule has 1 heterocycles. The van der Waals surface area contributed by atoms with E-state index < -0.39 is 5.97 Å². The maximum Gasteiger partial charge on any atom is 0.338 e. The third-order valence-corrected chi connectivity index (χ3v) is 4.21. The van der Waals surface area contributed by atoms with Gasteiger partial charge in [0.2, 0.25) is 5.91 Å². The van der Waals surface area contributed by atoms with E-state index in [-0.39, 0.29) is 18.0 Å². The van der Waals surface area contributed by atoms with Crippen LogP contribution in [0.5, 0.6) is 0 Å². The summed E-state index contributed by atoms with van der Waals surface area (Å²) in [7, 11) is 0. The van der Waals surface area contributed by atoms with Crippen LogP contribution < -0.4 is 10.9 Å². The molecule has 1 amide bonds. The Labute approximate surface area is 156 Å². The minimum atomic E-state index is -0.409. The summed E-state index contributed by atoms with van der Waals surface area (Å²) >= 11 is 0. The highest BCUT2D eigenvalue weighted by Gasteiger charge is 2.11. The number of ether oxygens (including phenoxy) is 1. The number of hydrogen-bond acceptors (Lipinski definition) is 4. The maximum atomic E-state index is 12.4. The number of nitrogens with one attached hydrogen (secondary N) is 1. The molecule has 0 aliphatic heterocycles. The van der Waals surface area contributed by atoms with E-state index in [0.29, 0.717) is 17.9 Å². The minimum Gasteiger partial charge on any atom is -0.462 e. The number of esters is 1. The fourth-order valence-electron chi connectivity index (χ4n) is 2.91. The Balaban J connectivity index is 1.78. The third kappa shape index (κ3) is 4.06. The Morgan fingerprint density at radius 3 is 2.48 bits per heavy atom. The molecule has 6 nitrogen and oxygen atoms in total. The van der Waals surface area contributed by atoms with Gasteiger partial charge in [0.1, 0.15) is 6.54 Å². The molecule has 0 atom stereocenters. The monoisotopic (exact) mass is 364 g/mol. The lowest BCUT2D eigenvalue weighted by atomic mass is 10.1. The van der Waals surface area contributed by atoms with Crippen molar-refractivity contribution in [2.24, 2.45) is 0 Å². The molecule has 0 aliphatic rings.